The number of amides is 1. The van der Waals surface area contributed by atoms with Crippen molar-refractivity contribution in [3.05, 3.63) is 64.6 Å². The Balaban J connectivity index is 1.33. The summed E-state index contributed by atoms with van der Waals surface area (Å²) in [6, 6.07) is 10.0. The van der Waals surface area contributed by atoms with E-state index in [0.29, 0.717) is 57.3 Å². The quantitative estimate of drug-likeness (QED) is 0.226. The molecule has 3 fully saturated rings. The van der Waals surface area contributed by atoms with Crippen LogP contribution in [-0.4, -0.2) is 95.3 Å². The topological polar surface area (TPSA) is 123 Å². The zero-order valence-electron chi connectivity index (χ0n) is 28.9. The molecule has 2 aliphatic heterocycles. The van der Waals surface area contributed by atoms with Crippen LogP contribution in [-0.2, 0) is 37.3 Å². The number of carboxylic acids is 1. The van der Waals surface area contributed by atoms with Crippen LogP contribution in [0.4, 0.5) is 10.1 Å². The third kappa shape index (κ3) is 6.81. The van der Waals surface area contributed by atoms with Crippen LogP contribution in [0.3, 0.4) is 0 Å². The summed E-state index contributed by atoms with van der Waals surface area (Å²) in [6.07, 6.45) is 5.84. The number of carboxylic acid groups (broad SMARTS) is 1. The van der Waals surface area contributed by atoms with Crippen molar-refractivity contribution in [3.8, 4) is 0 Å². The number of aryl methyl sites for hydroxylation is 1. The smallest absolute Gasteiger partial charge is 0.306 e. The maximum absolute atomic E-state index is 16.0. The molecule has 50 heavy (non-hydrogen) atoms. The first-order valence-corrected chi connectivity index (χ1v) is 17.7. The van der Waals surface area contributed by atoms with Crippen LogP contribution in [0, 0.1) is 11.7 Å². The highest BCUT2D eigenvalue weighted by Crippen LogP contribution is 2.44. The van der Waals surface area contributed by atoms with E-state index in [1.54, 1.807) is 20.4 Å². The minimum absolute atomic E-state index is 0.0684. The van der Waals surface area contributed by atoms with Gasteiger partial charge in [0.05, 0.1) is 34.9 Å². The predicted molar refractivity (Wildman–Crippen MR) is 187 cm³/mol. The molecule has 3 aliphatic rings. The van der Waals surface area contributed by atoms with Crippen molar-refractivity contribution in [3.63, 3.8) is 0 Å². The summed E-state index contributed by atoms with van der Waals surface area (Å²) in [5.74, 6) is -4.41. The number of rotatable bonds is 13. The number of anilines is 1. The van der Waals surface area contributed by atoms with Gasteiger partial charge in [0, 0.05) is 64.4 Å². The van der Waals surface area contributed by atoms with E-state index < -0.39 is 41.3 Å². The van der Waals surface area contributed by atoms with Crippen molar-refractivity contribution in [2.75, 3.05) is 45.8 Å². The third-order valence-electron chi connectivity index (χ3n) is 10.7. The van der Waals surface area contributed by atoms with Gasteiger partial charge in [-0.25, -0.2) is 9.29 Å². The molecule has 13 heteroatoms. The van der Waals surface area contributed by atoms with Crippen LogP contribution in [0.5, 0.6) is 0 Å². The molecule has 1 saturated carbocycles. The zero-order chi connectivity index (χ0) is 35.6. The van der Waals surface area contributed by atoms with Crippen molar-refractivity contribution in [2.24, 2.45) is 13.0 Å². The molecular formula is C37H46ClFN4O7. The molecule has 11 nitrogen and oxygen atoms in total. The Bertz CT molecular complexity index is 1740. The lowest BCUT2D eigenvalue weighted by Crippen LogP contribution is -2.73. The van der Waals surface area contributed by atoms with Gasteiger partial charge in [-0.1, -0.05) is 29.8 Å². The van der Waals surface area contributed by atoms with Crippen LogP contribution in [0.2, 0.25) is 5.02 Å². The molecule has 0 radical (unpaired) electrons. The number of ether oxygens (including phenoxy) is 3. The minimum atomic E-state index is -1.62. The number of para-hydroxylation sites is 1. The zero-order valence-corrected chi connectivity index (χ0v) is 29.6. The second-order valence-corrected chi connectivity index (χ2v) is 14.1. The second kappa shape index (κ2) is 15.1. The first kappa shape index (κ1) is 36.4. The van der Waals surface area contributed by atoms with Crippen molar-refractivity contribution in [2.45, 2.75) is 75.5 Å². The summed E-state index contributed by atoms with van der Waals surface area (Å²) in [5, 5.41) is 13.2. The number of aromatic nitrogens is 1. The summed E-state index contributed by atoms with van der Waals surface area (Å²) < 4.78 is 36.7. The lowest BCUT2D eigenvalue weighted by Gasteiger charge is -2.53. The molecule has 1 amide bonds. The average molecular weight is 713 g/mol. The van der Waals surface area contributed by atoms with Crippen LogP contribution < -0.4 is 5.32 Å². The van der Waals surface area contributed by atoms with Gasteiger partial charge in [-0.3, -0.25) is 19.3 Å². The normalized spacial score (nSPS) is 24.4. The molecule has 3 aromatic rings. The van der Waals surface area contributed by atoms with Gasteiger partial charge in [-0.15, -0.1) is 0 Å². The maximum atomic E-state index is 16.0. The lowest BCUT2D eigenvalue weighted by atomic mass is 9.87. The van der Waals surface area contributed by atoms with Crippen molar-refractivity contribution >= 4 is 45.9 Å². The molecular weight excluding hydrogens is 667 g/mol. The van der Waals surface area contributed by atoms with Crippen molar-refractivity contribution in [1.82, 2.24) is 14.4 Å². The van der Waals surface area contributed by atoms with Gasteiger partial charge in [0.2, 0.25) is 5.85 Å². The van der Waals surface area contributed by atoms with E-state index in [9.17, 15) is 14.7 Å². The SMILES string of the molecule is COC[C@]1(OC)CCCN1C(OC1CCC(C(=O)O)CC1)(C(=O)Cc1cc(Cl)c(NC(=O)c2cn(C)c3ccccc23)cc1F)N1CCCC1. The Hall–Kier alpha value is -3.39. The molecule has 2 atom stereocenters. The number of ketones is 1. The molecule has 1 aromatic heterocycles. The molecule has 2 saturated heterocycles. The average Bonchev–Trinajstić information content (AvgIpc) is 3.87. The summed E-state index contributed by atoms with van der Waals surface area (Å²) in [6.45, 7) is 1.84. The summed E-state index contributed by atoms with van der Waals surface area (Å²) in [7, 11) is 5.03. The molecule has 0 bridgehead atoms. The fraction of sp³-hybridized carbons (Fsp3) is 0.541. The number of nitrogens with zero attached hydrogens (tertiary/aromatic N) is 3. The number of benzene rings is 2. The number of Topliss-reactive ketones (excluding diaryl/α,β-unsaturated/α-hetero) is 1. The number of methoxy groups -OCH3 is 2. The highest BCUT2D eigenvalue weighted by atomic mass is 35.5. The van der Waals surface area contributed by atoms with Gasteiger partial charge in [0.1, 0.15) is 11.5 Å². The minimum Gasteiger partial charge on any atom is -0.481 e. The maximum Gasteiger partial charge on any atom is 0.306 e. The summed E-state index contributed by atoms with van der Waals surface area (Å²) in [5.41, 5.74) is 0.486. The van der Waals surface area contributed by atoms with E-state index in [0.717, 1.165) is 36.2 Å². The van der Waals surface area contributed by atoms with E-state index >= 15 is 9.18 Å². The van der Waals surface area contributed by atoms with E-state index in [4.69, 9.17) is 25.8 Å². The number of likely N-dealkylation sites (tertiary alicyclic amines) is 2. The summed E-state index contributed by atoms with van der Waals surface area (Å²) >= 11 is 6.68. The number of hydrogen-bond donors (Lipinski definition) is 2. The molecule has 270 valence electrons. The Morgan fingerprint density at radius 2 is 1.78 bits per heavy atom. The van der Waals surface area contributed by atoms with Gasteiger partial charge in [-0.05, 0) is 75.1 Å². The Labute approximate surface area is 296 Å². The second-order valence-electron chi connectivity index (χ2n) is 13.7. The molecule has 1 unspecified atom stereocenters. The van der Waals surface area contributed by atoms with E-state index in [1.807, 2.05) is 45.7 Å². The third-order valence-corrected chi connectivity index (χ3v) is 11.0. The first-order chi connectivity index (χ1) is 24.0. The largest absolute Gasteiger partial charge is 0.481 e. The van der Waals surface area contributed by atoms with Crippen LogP contribution in [0.1, 0.15) is 67.3 Å². The van der Waals surface area contributed by atoms with Gasteiger partial charge >= 0.3 is 5.97 Å². The number of fused-ring (bicyclic) bond motifs is 1. The number of halogens is 2. The fourth-order valence-corrected chi connectivity index (χ4v) is 8.36. The lowest BCUT2D eigenvalue weighted by molar-refractivity contribution is -0.307. The molecule has 1 aliphatic carbocycles. The number of hydrogen-bond acceptors (Lipinski definition) is 8. The van der Waals surface area contributed by atoms with Crippen LogP contribution in [0.15, 0.2) is 42.6 Å². The number of aliphatic carboxylic acids is 1. The number of carbonyl (C=O) groups excluding carboxylic acids is 2. The van der Waals surface area contributed by atoms with Crippen LogP contribution in [0.25, 0.3) is 10.9 Å². The highest BCUT2D eigenvalue weighted by molar-refractivity contribution is 6.34. The van der Waals surface area contributed by atoms with Gasteiger partial charge < -0.3 is 29.2 Å². The number of nitrogens with one attached hydrogen (secondary N) is 1. The predicted octanol–water partition coefficient (Wildman–Crippen LogP) is 5.83. The van der Waals surface area contributed by atoms with E-state index in [2.05, 4.69) is 5.32 Å². The first-order valence-electron chi connectivity index (χ1n) is 17.4. The van der Waals surface area contributed by atoms with E-state index in [1.165, 1.54) is 6.07 Å². The molecule has 3 heterocycles. The highest BCUT2D eigenvalue weighted by Gasteiger charge is 2.60. The van der Waals surface area contributed by atoms with Gasteiger partial charge in [0.15, 0.2) is 5.78 Å². The van der Waals surface area contributed by atoms with Gasteiger partial charge in [-0.2, -0.15) is 0 Å². The molecule has 2 N–H and O–H groups in total. The van der Waals surface area contributed by atoms with Crippen LogP contribution >= 0.6 is 11.6 Å². The Morgan fingerprint density at radius 1 is 1.06 bits per heavy atom. The molecule has 2 aromatic carbocycles. The molecule has 0 spiro atoms. The Kier molecular flexibility index (Phi) is 11.0. The number of carbonyl (C=O) groups is 3. The van der Waals surface area contributed by atoms with Crippen molar-refractivity contribution in [1.29, 1.82) is 0 Å². The Morgan fingerprint density at radius 3 is 2.46 bits per heavy atom. The summed E-state index contributed by atoms with van der Waals surface area (Å²) in [4.78, 5) is 44.1. The molecule has 6 rings (SSSR count). The standard InChI is InChI=1S/C37H46ClFN4O7/c1-41-22-28(27-9-4-5-10-32(27)41)34(45)40-31-21-30(39)25(19-29(31)38)20-33(44)37(42-16-6-7-17-42,43-18-8-15-36(43,49-3)23-48-2)50-26-13-11-24(12-14-26)35(46)47/h4-5,9-10,19,21-22,24,26H,6-8,11-18,20,23H2,1-3H3,(H,40,45)(H,46,47)/t24?,26?,36-,37?/m1/s1. The monoisotopic (exact) mass is 712 g/mol. The van der Waals surface area contributed by atoms with E-state index in [-0.39, 0.29) is 35.1 Å². The van der Waals surface area contributed by atoms with Gasteiger partial charge in [0.25, 0.3) is 5.91 Å². The van der Waals surface area contributed by atoms with Crippen molar-refractivity contribution < 1.29 is 38.1 Å². The fourth-order valence-electron chi connectivity index (χ4n) is 8.13.